The minimum Gasteiger partial charge on any atom is -0.375 e. The van der Waals surface area contributed by atoms with Crippen LogP contribution in [0.2, 0.25) is 0 Å². The van der Waals surface area contributed by atoms with Crippen molar-refractivity contribution in [3.05, 3.63) is 41.7 Å². The quantitative estimate of drug-likeness (QED) is 0.516. The molecule has 27 heavy (non-hydrogen) atoms. The molecule has 7 nitrogen and oxygen atoms in total. The van der Waals surface area contributed by atoms with E-state index in [0.717, 1.165) is 29.4 Å². The third kappa shape index (κ3) is 4.91. The van der Waals surface area contributed by atoms with Crippen LogP contribution in [0.3, 0.4) is 0 Å². The number of thiazole rings is 1. The summed E-state index contributed by atoms with van der Waals surface area (Å²) in [6, 6.07) is 7.37. The van der Waals surface area contributed by atoms with Gasteiger partial charge >= 0.3 is 0 Å². The Morgan fingerprint density at radius 2 is 2.07 bits per heavy atom. The molecule has 2 heterocycles. The number of carbonyl (C=O) groups is 1. The van der Waals surface area contributed by atoms with Crippen molar-refractivity contribution in [1.29, 1.82) is 0 Å². The van der Waals surface area contributed by atoms with Crippen LogP contribution in [0.15, 0.2) is 36.0 Å². The highest BCUT2D eigenvalue weighted by molar-refractivity contribution is 7.13. The number of nitrogen functional groups attached to an aromatic ring is 1. The van der Waals surface area contributed by atoms with Gasteiger partial charge in [0.1, 0.15) is 18.2 Å². The number of nitrogens with zero attached hydrogens (tertiary/aromatic N) is 3. The van der Waals surface area contributed by atoms with Crippen molar-refractivity contribution in [1.82, 2.24) is 20.3 Å². The minimum absolute atomic E-state index is 0.0366. The van der Waals surface area contributed by atoms with E-state index in [1.807, 2.05) is 43.5 Å². The molecule has 0 aliphatic rings. The number of nitrogens with two attached hydrogens (primary N) is 1. The topological polar surface area (TPSA) is 106 Å². The van der Waals surface area contributed by atoms with Crippen LogP contribution in [0.5, 0.6) is 0 Å². The Labute approximate surface area is 162 Å². The summed E-state index contributed by atoms with van der Waals surface area (Å²) in [5.74, 6) is 0.745. The van der Waals surface area contributed by atoms with E-state index in [2.05, 4.69) is 25.6 Å². The van der Waals surface area contributed by atoms with Crippen LogP contribution in [0.25, 0.3) is 10.9 Å². The van der Waals surface area contributed by atoms with Crippen molar-refractivity contribution in [2.45, 2.75) is 32.7 Å². The summed E-state index contributed by atoms with van der Waals surface area (Å²) in [4.78, 5) is 25.5. The summed E-state index contributed by atoms with van der Waals surface area (Å²) in [5.41, 5.74) is 7.45. The molecule has 0 aliphatic heterocycles. The maximum Gasteiger partial charge on any atom is 0.242 e. The minimum atomic E-state index is -0.377. The number of benzene rings is 1. The average molecular weight is 385 g/mol. The first-order valence-electron chi connectivity index (χ1n) is 8.98. The third-order valence-corrected chi connectivity index (χ3v) is 4.99. The highest BCUT2D eigenvalue weighted by atomic mass is 32.1. The summed E-state index contributed by atoms with van der Waals surface area (Å²) in [6.45, 7) is 4.61. The fourth-order valence-electron chi connectivity index (χ4n) is 2.83. The van der Waals surface area contributed by atoms with Gasteiger partial charge in [-0.1, -0.05) is 26.0 Å². The van der Waals surface area contributed by atoms with Crippen molar-refractivity contribution in [2.75, 3.05) is 17.6 Å². The number of para-hydroxylation sites is 1. The van der Waals surface area contributed by atoms with Crippen LogP contribution in [0, 0.1) is 5.92 Å². The van der Waals surface area contributed by atoms with E-state index in [9.17, 15) is 4.79 Å². The Morgan fingerprint density at radius 1 is 1.26 bits per heavy atom. The number of amides is 1. The molecule has 0 spiro atoms. The smallest absolute Gasteiger partial charge is 0.242 e. The van der Waals surface area contributed by atoms with E-state index >= 15 is 0 Å². The molecule has 1 amide bonds. The zero-order valence-corrected chi connectivity index (χ0v) is 16.3. The van der Waals surface area contributed by atoms with E-state index in [4.69, 9.17) is 5.73 Å². The summed E-state index contributed by atoms with van der Waals surface area (Å²) < 4.78 is 0. The van der Waals surface area contributed by atoms with Gasteiger partial charge in [0.05, 0.1) is 11.2 Å². The molecular weight excluding hydrogens is 360 g/mol. The molecule has 1 unspecified atom stereocenters. The number of fused-ring (bicyclic) bond motifs is 1. The van der Waals surface area contributed by atoms with Gasteiger partial charge in [-0.15, -0.1) is 11.3 Å². The van der Waals surface area contributed by atoms with Crippen molar-refractivity contribution >= 4 is 39.1 Å². The van der Waals surface area contributed by atoms with Gasteiger partial charge in [0, 0.05) is 17.3 Å². The van der Waals surface area contributed by atoms with Gasteiger partial charge in [-0.2, -0.15) is 0 Å². The van der Waals surface area contributed by atoms with Gasteiger partial charge in [0.15, 0.2) is 5.13 Å². The lowest BCUT2D eigenvalue weighted by Crippen LogP contribution is -2.43. The van der Waals surface area contributed by atoms with Crippen LogP contribution in [-0.2, 0) is 11.2 Å². The normalized spacial score (nSPS) is 12.3. The summed E-state index contributed by atoms with van der Waals surface area (Å²) >= 11 is 1.44. The van der Waals surface area contributed by atoms with E-state index in [1.54, 1.807) is 0 Å². The van der Waals surface area contributed by atoms with Crippen LogP contribution in [0.1, 0.15) is 26.0 Å². The highest BCUT2D eigenvalue weighted by Crippen LogP contribution is 2.20. The molecule has 0 saturated heterocycles. The highest BCUT2D eigenvalue weighted by Gasteiger charge is 2.23. The van der Waals surface area contributed by atoms with Crippen molar-refractivity contribution in [3.63, 3.8) is 0 Å². The maximum atomic E-state index is 12.7. The molecule has 0 bridgehead atoms. The Bertz CT molecular complexity index is 905. The second-order valence-electron chi connectivity index (χ2n) is 6.68. The first-order valence-corrected chi connectivity index (χ1v) is 9.86. The molecule has 0 aliphatic carbocycles. The van der Waals surface area contributed by atoms with Crippen molar-refractivity contribution < 1.29 is 4.79 Å². The van der Waals surface area contributed by atoms with E-state index in [0.29, 0.717) is 17.5 Å². The zero-order valence-electron chi connectivity index (χ0n) is 15.5. The molecule has 3 rings (SSSR count). The number of aryl methyl sites for hydroxylation is 1. The molecule has 1 atom stereocenters. The fourth-order valence-corrected chi connectivity index (χ4v) is 3.43. The molecule has 2 aromatic heterocycles. The van der Waals surface area contributed by atoms with Crippen LogP contribution >= 0.6 is 11.3 Å². The fraction of sp³-hybridized carbons (Fsp3) is 0.368. The summed E-state index contributed by atoms with van der Waals surface area (Å²) in [7, 11) is 0. The van der Waals surface area contributed by atoms with E-state index in [-0.39, 0.29) is 17.9 Å². The Kier molecular flexibility index (Phi) is 6.18. The van der Waals surface area contributed by atoms with Crippen molar-refractivity contribution in [3.8, 4) is 0 Å². The molecule has 4 N–H and O–H groups in total. The molecule has 142 valence electrons. The largest absolute Gasteiger partial charge is 0.375 e. The van der Waals surface area contributed by atoms with Gasteiger partial charge < -0.3 is 16.4 Å². The average Bonchev–Trinajstić information content (AvgIpc) is 3.08. The van der Waals surface area contributed by atoms with Gasteiger partial charge in [0.25, 0.3) is 0 Å². The van der Waals surface area contributed by atoms with Crippen LogP contribution in [0.4, 0.5) is 10.9 Å². The number of hydrogen-bond acceptors (Lipinski definition) is 7. The predicted octanol–water partition coefficient (Wildman–Crippen LogP) is 2.85. The van der Waals surface area contributed by atoms with E-state index < -0.39 is 0 Å². The molecule has 8 heteroatoms. The number of carbonyl (C=O) groups excluding carboxylic acids is 1. The first-order chi connectivity index (χ1) is 13.0. The second kappa shape index (κ2) is 8.77. The Morgan fingerprint density at radius 3 is 2.81 bits per heavy atom. The second-order valence-corrected chi connectivity index (χ2v) is 7.57. The molecule has 0 radical (unpaired) electrons. The zero-order chi connectivity index (χ0) is 19.2. The van der Waals surface area contributed by atoms with E-state index in [1.165, 1.54) is 17.7 Å². The lowest BCUT2D eigenvalue weighted by Gasteiger charge is -2.22. The lowest BCUT2D eigenvalue weighted by atomic mass is 10.0. The standard InChI is InChI=1S/C19H24N6OS/c1-12(2)16(18(26)21-9-5-6-13-10-27-19(20)24-13)25-17-14-7-3-4-8-15(14)22-11-23-17/h3-4,7-8,10-12,16H,5-6,9H2,1-2H3,(H2,20,24)(H,21,26)(H,22,23,25). The third-order valence-electron chi connectivity index (χ3n) is 4.26. The molecule has 3 aromatic rings. The number of hydrogen-bond donors (Lipinski definition) is 3. The van der Waals surface area contributed by atoms with Gasteiger partial charge in [0.2, 0.25) is 5.91 Å². The SMILES string of the molecule is CC(C)C(Nc1ncnc2ccccc12)C(=O)NCCCc1csc(N)n1. The predicted molar refractivity (Wildman–Crippen MR) is 110 cm³/mol. The van der Waals surface area contributed by atoms with Crippen LogP contribution < -0.4 is 16.4 Å². The molecule has 0 saturated carbocycles. The molecule has 0 fully saturated rings. The summed E-state index contributed by atoms with van der Waals surface area (Å²) in [5, 5.41) is 9.74. The molecular formula is C19H24N6OS. The number of aromatic nitrogens is 3. The molecule has 1 aromatic carbocycles. The van der Waals surface area contributed by atoms with Gasteiger partial charge in [-0.25, -0.2) is 15.0 Å². The van der Waals surface area contributed by atoms with Gasteiger partial charge in [-0.05, 0) is 30.9 Å². The van der Waals surface area contributed by atoms with Gasteiger partial charge in [-0.3, -0.25) is 4.79 Å². The van der Waals surface area contributed by atoms with Crippen molar-refractivity contribution in [2.24, 2.45) is 5.92 Å². The Hall–Kier alpha value is -2.74. The lowest BCUT2D eigenvalue weighted by molar-refractivity contribution is -0.122. The van der Waals surface area contributed by atoms with Crippen LogP contribution in [-0.4, -0.2) is 33.4 Å². The maximum absolute atomic E-state index is 12.7. The Balaban J connectivity index is 1.60. The number of nitrogens with one attached hydrogen (secondary N) is 2. The summed E-state index contributed by atoms with van der Waals surface area (Å²) in [6.07, 6.45) is 3.12. The number of rotatable bonds is 8. The number of anilines is 2. The first kappa shape index (κ1) is 19.0. The monoisotopic (exact) mass is 384 g/mol.